The first kappa shape index (κ1) is 10.3. The van der Waals surface area contributed by atoms with Crippen LogP contribution >= 0.6 is 11.6 Å². The van der Waals surface area contributed by atoms with E-state index >= 15 is 0 Å². The van der Waals surface area contributed by atoms with Gasteiger partial charge in [-0.3, -0.25) is 4.68 Å². The lowest BCUT2D eigenvalue weighted by Gasteiger charge is -2.10. The molecule has 2 rings (SSSR count). The number of halogens is 1. The van der Waals surface area contributed by atoms with Gasteiger partial charge in [0.05, 0.1) is 23.2 Å². The number of furan rings is 1. The third kappa shape index (κ3) is 1.66. The Hall–Kier alpha value is -1.26. The number of nitrogens with zero attached hydrogens (tertiary/aromatic N) is 2. The maximum atomic E-state index is 10.1. The first-order valence-corrected chi connectivity index (χ1v) is 4.88. The van der Waals surface area contributed by atoms with Crippen LogP contribution in [0.5, 0.6) is 0 Å². The Labute approximate surface area is 92.1 Å². The van der Waals surface area contributed by atoms with Crippen molar-refractivity contribution in [2.75, 3.05) is 0 Å². The van der Waals surface area contributed by atoms with Gasteiger partial charge in [0, 0.05) is 12.6 Å². The molecule has 2 aromatic rings. The summed E-state index contributed by atoms with van der Waals surface area (Å²) in [7, 11) is 1.74. The molecule has 0 aromatic carbocycles. The molecule has 15 heavy (non-hydrogen) atoms. The molecule has 0 aliphatic heterocycles. The summed E-state index contributed by atoms with van der Waals surface area (Å²) < 4.78 is 6.69. The zero-order valence-corrected chi connectivity index (χ0v) is 9.19. The molecule has 0 aliphatic rings. The van der Waals surface area contributed by atoms with Gasteiger partial charge in [-0.15, -0.1) is 0 Å². The molecule has 0 amide bonds. The van der Waals surface area contributed by atoms with E-state index in [2.05, 4.69) is 5.10 Å². The second-order valence-corrected chi connectivity index (χ2v) is 3.74. The smallest absolute Gasteiger partial charge is 0.125 e. The predicted octanol–water partition coefficient (Wildman–Crippen LogP) is 2.06. The van der Waals surface area contributed by atoms with Crippen LogP contribution in [0.4, 0.5) is 0 Å². The second-order valence-electron chi connectivity index (χ2n) is 3.34. The van der Waals surface area contributed by atoms with E-state index in [1.807, 2.05) is 0 Å². The van der Waals surface area contributed by atoms with E-state index in [9.17, 15) is 5.11 Å². The van der Waals surface area contributed by atoms with Gasteiger partial charge in [0.25, 0.3) is 0 Å². The van der Waals surface area contributed by atoms with E-state index in [1.54, 1.807) is 24.7 Å². The zero-order chi connectivity index (χ0) is 11.0. The molecule has 1 unspecified atom stereocenters. The minimum atomic E-state index is -0.802. The van der Waals surface area contributed by atoms with Crippen LogP contribution in [0, 0.1) is 6.92 Å². The van der Waals surface area contributed by atoms with Gasteiger partial charge < -0.3 is 9.52 Å². The van der Waals surface area contributed by atoms with Gasteiger partial charge >= 0.3 is 0 Å². The van der Waals surface area contributed by atoms with E-state index < -0.39 is 6.10 Å². The summed E-state index contributed by atoms with van der Waals surface area (Å²) in [6, 6.07) is 1.73. The summed E-state index contributed by atoms with van der Waals surface area (Å²) in [6.45, 7) is 1.79. The molecule has 0 spiro atoms. The van der Waals surface area contributed by atoms with Gasteiger partial charge in [-0.2, -0.15) is 5.10 Å². The Morgan fingerprint density at radius 1 is 1.60 bits per heavy atom. The Kier molecular flexibility index (Phi) is 2.54. The number of hydrogen-bond donors (Lipinski definition) is 1. The molecule has 0 radical (unpaired) electrons. The van der Waals surface area contributed by atoms with Crippen LogP contribution in [0.1, 0.15) is 23.1 Å². The van der Waals surface area contributed by atoms with Crippen molar-refractivity contribution in [2.45, 2.75) is 13.0 Å². The van der Waals surface area contributed by atoms with Gasteiger partial charge in [0.15, 0.2) is 0 Å². The average Bonchev–Trinajstić information content (AvgIpc) is 2.73. The van der Waals surface area contributed by atoms with Crippen LogP contribution in [-0.4, -0.2) is 14.9 Å². The number of aromatic nitrogens is 2. The fourth-order valence-corrected chi connectivity index (χ4v) is 1.82. The summed E-state index contributed by atoms with van der Waals surface area (Å²) >= 11 is 5.94. The number of aliphatic hydroxyl groups is 1. The van der Waals surface area contributed by atoms with Crippen molar-refractivity contribution < 1.29 is 9.52 Å². The normalized spacial score (nSPS) is 13.1. The van der Waals surface area contributed by atoms with Gasteiger partial charge in [0.2, 0.25) is 0 Å². The van der Waals surface area contributed by atoms with Crippen LogP contribution in [0.25, 0.3) is 0 Å². The topological polar surface area (TPSA) is 51.2 Å². The van der Waals surface area contributed by atoms with Crippen LogP contribution in [0.15, 0.2) is 22.9 Å². The van der Waals surface area contributed by atoms with E-state index in [-0.39, 0.29) is 0 Å². The number of aryl methyl sites for hydroxylation is 2. The monoisotopic (exact) mass is 226 g/mol. The highest BCUT2D eigenvalue weighted by Crippen LogP contribution is 2.29. The van der Waals surface area contributed by atoms with Crippen molar-refractivity contribution in [1.82, 2.24) is 9.78 Å². The molecule has 5 heteroatoms. The van der Waals surface area contributed by atoms with Crippen molar-refractivity contribution in [3.63, 3.8) is 0 Å². The summed E-state index contributed by atoms with van der Waals surface area (Å²) in [5, 5.41) is 14.5. The van der Waals surface area contributed by atoms with Crippen molar-refractivity contribution in [3.05, 3.63) is 40.6 Å². The third-order valence-electron chi connectivity index (χ3n) is 2.39. The molecule has 0 saturated heterocycles. The predicted molar refractivity (Wildman–Crippen MR) is 55.7 cm³/mol. The molecule has 1 N–H and O–H groups in total. The molecule has 1 atom stereocenters. The number of aliphatic hydroxyl groups excluding tert-OH is 1. The van der Waals surface area contributed by atoms with Crippen LogP contribution in [-0.2, 0) is 7.05 Å². The maximum absolute atomic E-state index is 10.1. The number of hydrogen-bond acceptors (Lipinski definition) is 3. The molecular formula is C10H11ClN2O2. The minimum Gasteiger partial charge on any atom is -0.469 e. The second kappa shape index (κ2) is 3.72. The van der Waals surface area contributed by atoms with E-state index in [0.717, 1.165) is 0 Å². The first-order chi connectivity index (χ1) is 7.11. The molecule has 2 aromatic heterocycles. The van der Waals surface area contributed by atoms with Crippen molar-refractivity contribution in [1.29, 1.82) is 0 Å². The summed E-state index contributed by atoms with van der Waals surface area (Å²) in [5.41, 5.74) is 1.28. The van der Waals surface area contributed by atoms with E-state index in [0.29, 0.717) is 22.0 Å². The molecule has 2 heterocycles. The SMILES string of the molecule is Cc1occc1C(O)c1c(Cl)cnn1C. The Balaban J connectivity index is 2.45. The molecule has 0 bridgehead atoms. The van der Waals surface area contributed by atoms with Crippen LogP contribution in [0.2, 0.25) is 5.02 Å². The first-order valence-electron chi connectivity index (χ1n) is 4.50. The summed E-state index contributed by atoms with van der Waals surface area (Å²) in [5.74, 6) is 0.680. The van der Waals surface area contributed by atoms with Gasteiger partial charge in [-0.25, -0.2) is 0 Å². The van der Waals surface area contributed by atoms with Crippen LogP contribution in [0.3, 0.4) is 0 Å². The lowest BCUT2D eigenvalue weighted by atomic mass is 10.1. The van der Waals surface area contributed by atoms with Gasteiger partial charge in [-0.1, -0.05) is 11.6 Å². The molecular weight excluding hydrogens is 216 g/mol. The Morgan fingerprint density at radius 3 is 2.80 bits per heavy atom. The highest BCUT2D eigenvalue weighted by molar-refractivity contribution is 6.31. The maximum Gasteiger partial charge on any atom is 0.125 e. The van der Waals surface area contributed by atoms with Crippen molar-refractivity contribution in [3.8, 4) is 0 Å². The van der Waals surface area contributed by atoms with Gasteiger partial charge in [0.1, 0.15) is 11.9 Å². The van der Waals surface area contributed by atoms with Crippen LogP contribution < -0.4 is 0 Å². The van der Waals surface area contributed by atoms with E-state index in [4.69, 9.17) is 16.0 Å². The lowest BCUT2D eigenvalue weighted by Crippen LogP contribution is -2.07. The molecule has 4 nitrogen and oxygen atoms in total. The quantitative estimate of drug-likeness (QED) is 0.853. The minimum absolute atomic E-state index is 0.450. The largest absolute Gasteiger partial charge is 0.469 e. The number of rotatable bonds is 2. The fraction of sp³-hybridized carbons (Fsp3) is 0.300. The molecule has 0 saturated carbocycles. The Bertz CT molecular complexity index is 456. The zero-order valence-electron chi connectivity index (χ0n) is 8.44. The highest BCUT2D eigenvalue weighted by atomic mass is 35.5. The van der Waals surface area contributed by atoms with Gasteiger partial charge in [-0.05, 0) is 13.0 Å². The standard InChI is InChI=1S/C10H11ClN2O2/c1-6-7(3-4-15-6)10(14)9-8(11)5-12-13(9)2/h3-5,10,14H,1-2H3. The molecule has 0 aliphatic carbocycles. The fourth-order valence-electron chi connectivity index (χ4n) is 1.55. The highest BCUT2D eigenvalue weighted by Gasteiger charge is 2.21. The summed E-state index contributed by atoms with van der Waals surface area (Å²) in [4.78, 5) is 0. The average molecular weight is 227 g/mol. The van der Waals surface area contributed by atoms with Crippen molar-refractivity contribution >= 4 is 11.6 Å². The molecule has 0 fully saturated rings. The van der Waals surface area contributed by atoms with E-state index in [1.165, 1.54) is 12.5 Å². The van der Waals surface area contributed by atoms with Crippen molar-refractivity contribution in [2.24, 2.45) is 7.05 Å². The third-order valence-corrected chi connectivity index (χ3v) is 2.68. The lowest BCUT2D eigenvalue weighted by molar-refractivity contribution is 0.207. The molecule has 80 valence electrons. The Morgan fingerprint density at radius 2 is 2.33 bits per heavy atom. The summed E-state index contributed by atoms with van der Waals surface area (Å²) in [6.07, 6.45) is 2.25.